The van der Waals surface area contributed by atoms with E-state index in [2.05, 4.69) is 4.72 Å². The smallest absolute Gasteiger partial charge is 0.326 e. The molecule has 0 aromatic heterocycles. The zero-order valence-electron chi connectivity index (χ0n) is 15.2. The molecule has 2 N–H and O–H groups in total. The van der Waals surface area contributed by atoms with Crippen molar-refractivity contribution in [1.82, 2.24) is 9.62 Å². The van der Waals surface area contributed by atoms with Crippen LogP contribution < -0.4 is 4.72 Å². The number of nitrogens with one attached hydrogen (secondary N) is 1. The summed E-state index contributed by atoms with van der Waals surface area (Å²) in [4.78, 5) is 25.3. The van der Waals surface area contributed by atoms with Crippen molar-refractivity contribution in [2.75, 3.05) is 13.7 Å². The van der Waals surface area contributed by atoms with E-state index in [1.807, 2.05) is 0 Å². The average Bonchev–Trinajstić information content (AvgIpc) is 2.96. The highest BCUT2D eigenvalue weighted by molar-refractivity contribution is 7.89. The van der Waals surface area contributed by atoms with Crippen molar-refractivity contribution in [3.8, 4) is 0 Å². The number of methoxy groups -OCH3 is 1. The van der Waals surface area contributed by atoms with Crippen LogP contribution in [0.25, 0.3) is 0 Å². The summed E-state index contributed by atoms with van der Waals surface area (Å²) < 4.78 is 32.3. The van der Waals surface area contributed by atoms with Crippen molar-refractivity contribution >= 4 is 21.9 Å². The summed E-state index contributed by atoms with van der Waals surface area (Å²) in [5.41, 5.74) is -0.407. The number of hydrogen-bond donors (Lipinski definition) is 2. The third-order valence-electron chi connectivity index (χ3n) is 3.99. The molecule has 0 bridgehead atoms. The molecule has 0 aliphatic carbocycles. The normalized spacial score (nSPS) is 21.0. The van der Waals surface area contributed by atoms with Crippen LogP contribution in [0.3, 0.4) is 0 Å². The van der Waals surface area contributed by atoms with Gasteiger partial charge in [-0.15, -0.1) is 0 Å². The molecule has 1 fully saturated rings. The number of likely N-dealkylation sites (tertiary alicyclic amines) is 1. The number of carbonyl (C=O) groups excluding carboxylic acids is 1. The molecule has 0 spiro atoms. The molecule has 1 aromatic carbocycles. The summed E-state index contributed by atoms with van der Waals surface area (Å²) >= 11 is 0. The summed E-state index contributed by atoms with van der Waals surface area (Å²) in [6.45, 7) is 5.37. The highest BCUT2D eigenvalue weighted by atomic mass is 32.2. The van der Waals surface area contributed by atoms with Gasteiger partial charge >= 0.3 is 5.97 Å². The topological polar surface area (TPSA) is 113 Å². The molecule has 26 heavy (non-hydrogen) atoms. The van der Waals surface area contributed by atoms with E-state index in [4.69, 9.17) is 4.74 Å². The van der Waals surface area contributed by atoms with Gasteiger partial charge < -0.3 is 14.7 Å². The van der Waals surface area contributed by atoms with Crippen molar-refractivity contribution in [2.24, 2.45) is 0 Å². The van der Waals surface area contributed by atoms with Gasteiger partial charge in [0.2, 0.25) is 10.0 Å². The van der Waals surface area contributed by atoms with Gasteiger partial charge in [-0.2, -0.15) is 0 Å². The lowest BCUT2D eigenvalue weighted by Crippen LogP contribution is -2.41. The maximum Gasteiger partial charge on any atom is 0.326 e. The van der Waals surface area contributed by atoms with Gasteiger partial charge in [0.15, 0.2) is 0 Å². The Bertz CT molecular complexity index is 782. The van der Waals surface area contributed by atoms with Gasteiger partial charge in [-0.05, 0) is 45.0 Å². The Morgan fingerprint density at radius 3 is 2.27 bits per heavy atom. The number of nitrogens with zero attached hydrogens (tertiary/aromatic N) is 1. The maximum atomic E-state index is 12.7. The van der Waals surface area contributed by atoms with Crippen LogP contribution in [0.2, 0.25) is 0 Å². The fourth-order valence-electron chi connectivity index (χ4n) is 2.83. The molecule has 0 radical (unpaired) electrons. The standard InChI is InChI=1S/C17H24N2O6S/c1-17(2,3)18-26(23,24)13-7-5-11(6-8-13)15(20)19-10-12(25-4)9-14(19)16(21)22/h5-8,12,14,18H,9-10H2,1-4H3,(H,21,22). The first-order valence-corrected chi connectivity index (χ1v) is 9.63. The first kappa shape index (κ1) is 20.3. The Morgan fingerprint density at radius 1 is 1.23 bits per heavy atom. The van der Waals surface area contributed by atoms with Crippen molar-refractivity contribution in [1.29, 1.82) is 0 Å². The van der Waals surface area contributed by atoms with Gasteiger partial charge in [0.1, 0.15) is 6.04 Å². The predicted octanol–water partition coefficient (Wildman–Crippen LogP) is 1.08. The Hall–Kier alpha value is -1.97. The lowest BCUT2D eigenvalue weighted by Gasteiger charge is -2.22. The number of rotatable bonds is 5. The fraction of sp³-hybridized carbons (Fsp3) is 0.529. The fourth-order valence-corrected chi connectivity index (χ4v) is 4.25. The van der Waals surface area contributed by atoms with Crippen molar-refractivity contribution < 1.29 is 27.9 Å². The number of sulfonamides is 1. The largest absolute Gasteiger partial charge is 0.480 e. The molecule has 1 aliphatic heterocycles. The SMILES string of the molecule is COC1CC(C(=O)O)N(C(=O)c2ccc(S(=O)(=O)NC(C)(C)C)cc2)C1. The van der Waals surface area contributed by atoms with Gasteiger partial charge in [0, 0.05) is 31.2 Å². The van der Waals surface area contributed by atoms with Crippen LogP contribution >= 0.6 is 0 Å². The Kier molecular flexibility index (Phi) is 5.74. The summed E-state index contributed by atoms with van der Waals surface area (Å²) in [6, 6.07) is 4.48. The van der Waals surface area contributed by atoms with Gasteiger partial charge in [-0.25, -0.2) is 17.9 Å². The molecule has 1 heterocycles. The van der Waals surface area contributed by atoms with Crippen LogP contribution in [0.1, 0.15) is 37.6 Å². The van der Waals surface area contributed by atoms with Crippen LogP contribution in [0.5, 0.6) is 0 Å². The van der Waals surface area contributed by atoms with E-state index in [1.54, 1.807) is 20.8 Å². The summed E-state index contributed by atoms with van der Waals surface area (Å²) in [6.07, 6.45) is -0.116. The first-order valence-electron chi connectivity index (χ1n) is 8.15. The lowest BCUT2D eigenvalue weighted by atomic mass is 10.1. The van der Waals surface area contributed by atoms with E-state index >= 15 is 0 Å². The highest BCUT2D eigenvalue weighted by Gasteiger charge is 2.40. The Morgan fingerprint density at radius 2 is 1.81 bits per heavy atom. The molecule has 144 valence electrons. The Balaban J connectivity index is 2.22. The molecule has 8 nitrogen and oxygen atoms in total. The molecule has 1 saturated heterocycles. The van der Waals surface area contributed by atoms with Crippen molar-refractivity contribution in [3.05, 3.63) is 29.8 Å². The zero-order valence-corrected chi connectivity index (χ0v) is 16.0. The minimum absolute atomic E-state index is 0.0370. The first-order chi connectivity index (χ1) is 11.9. The van der Waals surface area contributed by atoms with E-state index in [9.17, 15) is 23.1 Å². The number of carbonyl (C=O) groups is 2. The van der Waals surface area contributed by atoms with Gasteiger partial charge in [0.25, 0.3) is 5.91 Å². The summed E-state index contributed by atoms with van der Waals surface area (Å²) in [5, 5.41) is 9.31. The molecule has 1 amide bonds. The molecular formula is C17H24N2O6S. The second-order valence-corrected chi connectivity index (χ2v) is 8.97. The number of carboxylic acids is 1. The van der Waals surface area contributed by atoms with E-state index < -0.39 is 33.5 Å². The number of aliphatic carboxylic acids is 1. The molecular weight excluding hydrogens is 360 g/mol. The van der Waals surface area contributed by atoms with Crippen LogP contribution in [-0.4, -0.2) is 61.6 Å². The van der Waals surface area contributed by atoms with Gasteiger partial charge in [0.05, 0.1) is 11.0 Å². The minimum atomic E-state index is -3.71. The number of amides is 1. The second-order valence-electron chi connectivity index (χ2n) is 7.28. The van der Waals surface area contributed by atoms with Crippen molar-refractivity contribution in [3.63, 3.8) is 0 Å². The number of carboxylic acid groups (broad SMARTS) is 1. The molecule has 2 unspecified atom stereocenters. The number of hydrogen-bond acceptors (Lipinski definition) is 5. The average molecular weight is 384 g/mol. The highest BCUT2D eigenvalue weighted by Crippen LogP contribution is 2.23. The van der Waals surface area contributed by atoms with Crippen LogP contribution in [-0.2, 0) is 19.6 Å². The van der Waals surface area contributed by atoms with E-state index in [-0.39, 0.29) is 29.5 Å². The summed E-state index contributed by atoms with van der Waals surface area (Å²) in [5.74, 6) is -1.56. The molecule has 1 aromatic rings. The third-order valence-corrected chi connectivity index (χ3v) is 5.77. The second kappa shape index (κ2) is 7.34. The maximum absolute atomic E-state index is 12.7. The van der Waals surface area contributed by atoms with Crippen LogP contribution in [0.15, 0.2) is 29.2 Å². The molecule has 1 aliphatic rings. The predicted molar refractivity (Wildman–Crippen MR) is 94.4 cm³/mol. The van der Waals surface area contributed by atoms with Gasteiger partial charge in [-0.3, -0.25) is 4.79 Å². The number of benzene rings is 1. The van der Waals surface area contributed by atoms with E-state index in [1.165, 1.54) is 36.3 Å². The van der Waals surface area contributed by atoms with Crippen LogP contribution in [0, 0.1) is 0 Å². The van der Waals surface area contributed by atoms with Gasteiger partial charge in [-0.1, -0.05) is 0 Å². The number of ether oxygens (including phenoxy) is 1. The molecule has 9 heteroatoms. The monoisotopic (exact) mass is 384 g/mol. The Labute approximate surface area is 153 Å². The van der Waals surface area contributed by atoms with E-state index in [0.717, 1.165) is 0 Å². The third kappa shape index (κ3) is 4.60. The minimum Gasteiger partial charge on any atom is -0.480 e. The molecule has 2 rings (SSSR count). The van der Waals surface area contributed by atoms with E-state index in [0.29, 0.717) is 0 Å². The quantitative estimate of drug-likeness (QED) is 0.785. The molecule has 0 saturated carbocycles. The lowest BCUT2D eigenvalue weighted by molar-refractivity contribution is -0.141. The summed E-state index contributed by atoms with van der Waals surface area (Å²) in [7, 11) is -2.23. The van der Waals surface area contributed by atoms with Crippen LogP contribution in [0.4, 0.5) is 0 Å². The van der Waals surface area contributed by atoms with Crippen molar-refractivity contribution in [2.45, 2.75) is 49.8 Å². The zero-order chi connectivity index (χ0) is 19.7. The molecule has 2 atom stereocenters.